The molecule has 2 N–H and O–H groups in total. The highest BCUT2D eigenvalue weighted by atomic mass is 32.2. The number of hydrogen-bond acceptors (Lipinski definition) is 7. The third-order valence-corrected chi connectivity index (χ3v) is 8.30. The highest BCUT2D eigenvalue weighted by Gasteiger charge is 2.51. The van der Waals surface area contributed by atoms with Crippen molar-refractivity contribution >= 4 is 33.6 Å². The van der Waals surface area contributed by atoms with E-state index in [0.717, 1.165) is 4.31 Å². The molecule has 1 heterocycles. The Bertz CT molecular complexity index is 997. The molecule has 0 aromatic heterocycles. The van der Waals surface area contributed by atoms with Gasteiger partial charge in [0.05, 0.1) is 4.90 Å². The first-order chi connectivity index (χ1) is 14.9. The van der Waals surface area contributed by atoms with Gasteiger partial charge in [-0.05, 0) is 45.0 Å². The van der Waals surface area contributed by atoms with Crippen molar-refractivity contribution in [3.05, 3.63) is 24.3 Å². The van der Waals surface area contributed by atoms with Crippen LogP contribution in [0.1, 0.15) is 27.2 Å². The standard InChI is InChI=1S/C21H29N3O6S2/c1-6-7-12-30-15-8-10-17(11-9-15)32(28,29)24-14-16(13-18(25)23(4)5)31-21(2,3)19(24)20(26)22-27/h8-11,16,19,27H,12-14H2,1-5H3,(H,22,26). The van der Waals surface area contributed by atoms with Crippen LogP contribution in [0.3, 0.4) is 0 Å². The number of carbonyl (C=O) groups excluding carboxylic acids is 2. The minimum atomic E-state index is -4.13. The van der Waals surface area contributed by atoms with Gasteiger partial charge in [0.15, 0.2) is 0 Å². The first-order valence-electron chi connectivity index (χ1n) is 9.90. The van der Waals surface area contributed by atoms with Crippen LogP contribution in [-0.2, 0) is 19.6 Å². The summed E-state index contributed by atoms with van der Waals surface area (Å²) in [6.07, 6.45) is 0.117. The van der Waals surface area contributed by atoms with Crippen molar-refractivity contribution in [1.29, 1.82) is 0 Å². The van der Waals surface area contributed by atoms with Crippen molar-refractivity contribution < 1.29 is 28.0 Å². The Morgan fingerprint density at radius 1 is 1.31 bits per heavy atom. The Morgan fingerprint density at radius 2 is 1.94 bits per heavy atom. The lowest BCUT2D eigenvalue weighted by atomic mass is 10.0. The van der Waals surface area contributed by atoms with Gasteiger partial charge in [-0.1, -0.05) is 5.92 Å². The minimum absolute atomic E-state index is 0.0254. The third kappa shape index (κ3) is 5.95. The van der Waals surface area contributed by atoms with Gasteiger partial charge in [-0.15, -0.1) is 17.7 Å². The van der Waals surface area contributed by atoms with Crippen LogP contribution in [0, 0.1) is 11.8 Å². The number of hydroxylamine groups is 1. The maximum absolute atomic E-state index is 13.5. The van der Waals surface area contributed by atoms with Crippen LogP contribution in [0.15, 0.2) is 29.2 Å². The quantitative estimate of drug-likeness (QED) is 0.341. The van der Waals surface area contributed by atoms with E-state index in [1.807, 2.05) is 0 Å². The monoisotopic (exact) mass is 483 g/mol. The summed E-state index contributed by atoms with van der Waals surface area (Å²) in [6, 6.07) is 4.65. The second-order valence-corrected chi connectivity index (χ2v) is 11.8. The molecule has 1 saturated heterocycles. The first kappa shape index (κ1) is 26.0. The van der Waals surface area contributed by atoms with E-state index in [0.29, 0.717) is 5.75 Å². The molecular formula is C21H29N3O6S2. The van der Waals surface area contributed by atoms with Gasteiger partial charge >= 0.3 is 0 Å². The summed E-state index contributed by atoms with van der Waals surface area (Å²) >= 11 is 1.36. The van der Waals surface area contributed by atoms with Crippen LogP contribution in [0.4, 0.5) is 0 Å². The number of benzene rings is 1. The molecular weight excluding hydrogens is 454 g/mol. The smallest absolute Gasteiger partial charge is 0.263 e. The number of amides is 2. The molecule has 11 heteroatoms. The van der Waals surface area contributed by atoms with Gasteiger partial charge in [0.25, 0.3) is 5.91 Å². The molecule has 1 aromatic carbocycles. The largest absolute Gasteiger partial charge is 0.481 e. The molecule has 2 rings (SSSR count). The number of sulfonamides is 1. The molecule has 1 fully saturated rings. The zero-order valence-corrected chi connectivity index (χ0v) is 20.4. The van der Waals surface area contributed by atoms with Gasteiger partial charge in [0.1, 0.15) is 18.4 Å². The number of carbonyl (C=O) groups is 2. The lowest BCUT2D eigenvalue weighted by molar-refractivity contribution is -0.134. The number of thioether (sulfide) groups is 1. The fraction of sp³-hybridized carbons (Fsp3) is 0.524. The molecule has 32 heavy (non-hydrogen) atoms. The molecule has 1 aliphatic rings. The predicted molar refractivity (Wildman–Crippen MR) is 122 cm³/mol. The van der Waals surface area contributed by atoms with E-state index >= 15 is 0 Å². The molecule has 176 valence electrons. The second-order valence-electron chi connectivity index (χ2n) is 7.98. The lowest BCUT2D eigenvalue weighted by Crippen LogP contribution is -2.63. The van der Waals surface area contributed by atoms with Crippen molar-refractivity contribution in [2.45, 2.75) is 48.1 Å². The summed E-state index contributed by atoms with van der Waals surface area (Å²) in [7, 11) is -0.864. The average molecular weight is 484 g/mol. The highest BCUT2D eigenvalue weighted by Crippen LogP contribution is 2.43. The highest BCUT2D eigenvalue weighted by molar-refractivity contribution is 8.01. The van der Waals surface area contributed by atoms with E-state index in [1.165, 1.54) is 40.9 Å². The molecule has 2 amide bonds. The fourth-order valence-electron chi connectivity index (χ4n) is 3.45. The maximum atomic E-state index is 13.5. The van der Waals surface area contributed by atoms with Crippen LogP contribution in [0.25, 0.3) is 0 Å². The lowest BCUT2D eigenvalue weighted by Gasteiger charge is -2.46. The van der Waals surface area contributed by atoms with E-state index in [2.05, 4.69) is 11.8 Å². The molecule has 0 bridgehead atoms. The van der Waals surface area contributed by atoms with E-state index in [1.54, 1.807) is 40.3 Å². The van der Waals surface area contributed by atoms with Crippen molar-refractivity contribution in [2.24, 2.45) is 0 Å². The van der Waals surface area contributed by atoms with E-state index in [9.17, 15) is 23.2 Å². The van der Waals surface area contributed by atoms with E-state index < -0.39 is 26.7 Å². The molecule has 0 aliphatic carbocycles. The van der Waals surface area contributed by atoms with Crippen molar-refractivity contribution in [3.63, 3.8) is 0 Å². The number of rotatable bonds is 7. The number of hydrogen-bond donors (Lipinski definition) is 2. The van der Waals surface area contributed by atoms with Crippen molar-refractivity contribution in [1.82, 2.24) is 14.7 Å². The molecule has 9 nitrogen and oxygen atoms in total. The Kier molecular flexibility index (Phi) is 8.59. The fourth-order valence-corrected chi connectivity index (χ4v) is 7.06. The van der Waals surface area contributed by atoms with Crippen molar-refractivity contribution in [2.75, 3.05) is 27.2 Å². The van der Waals surface area contributed by atoms with Gasteiger partial charge in [0, 0.05) is 37.1 Å². The molecule has 1 aliphatic heterocycles. The number of nitrogens with one attached hydrogen (secondary N) is 1. The third-order valence-electron chi connectivity index (χ3n) is 4.98. The van der Waals surface area contributed by atoms with E-state index in [-0.39, 0.29) is 35.6 Å². The SMILES string of the molecule is CC#CCOc1ccc(S(=O)(=O)N2CC(CC(=O)N(C)C)SC(C)(C)C2C(=O)NO)cc1. The summed E-state index contributed by atoms with van der Waals surface area (Å²) in [5.41, 5.74) is 1.59. The second kappa shape index (κ2) is 10.6. The zero-order valence-electron chi connectivity index (χ0n) is 18.8. The summed E-state index contributed by atoms with van der Waals surface area (Å²) < 4.78 is 32.7. The summed E-state index contributed by atoms with van der Waals surface area (Å²) in [6.45, 7) is 5.25. The van der Waals surface area contributed by atoms with Gasteiger partial charge in [0.2, 0.25) is 15.9 Å². The van der Waals surface area contributed by atoms with Gasteiger partial charge < -0.3 is 9.64 Å². The predicted octanol–water partition coefficient (Wildman–Crippen LogP) is 1.33. The Hall–Kier alpha value is -2.26. The van der Waals surface area contributed by atoms with Gasteiger partial charge in [-0.2, -0.15) is 4.31 Å². The van der Waals surface area contributed by atoms with Crippen LogP contribution < -0.4 is 10.2 Å². The topological polar surface area (TPSA) is 116 Å². The Labute approximate surface area is 193 Å². The van der Waals surface area contributed by atoms with Crippen LogP contribution in [0.5, 0.6) is 5.75 Å². The maximum Gasteiger partial charge on any atom is 0.263 e. The molecule has 1 aromatic rings. The number of nitrogens with zero attached hydrogens (tertiary/aromatic N) is 2. The molecule has 2 unspecified atom stereocenters. The molecule has 0 spiro atoms. The Morgan fingerprint density at radius 3 is 2.47 bits per heavy atom. The first-order valence-corrected chi connectivity index (χ1v) is 12.2. The summed E-state index contributed by atoms with van der Waals surface area (Å²) in [5, 5.41) is 8.91. The van der Waals surface area contributed by atoms with Crippen molar-refractivity contribution in [3.8, 4) is 17.6 Å². The molecule has 0 saturated carbocycles. The molecule has 2 atom stereocenters. The number of ether oxygens (including phenoxy) is 1. The van der Waals surface area contributed by atoms with Gasteiger partial charge in [-0.3, -0.25) is 14.8 Å². The van der Waals surface area contributed by atoms with Crippen LogP contribution in [-0.4, -0.2) is 77.9 Å². The zero-order chi connectivity index (χ0) is 24.1. The normalized spacial score (nSPS) is 20.6. The van der Waals surface area contributed by atoms with E-state index in [4.69, 9.17) is 4.74 Å². The van der Waals surface area contributed by atoms with Crippen LogP contribution in [0.2, 0.25) is 0 Å². The summed E-state index contributed by atoms with van der Waals surface area (Å²) in [4.78, 5) is 26.2. The summed E-state index contributed by atoms with van der Waals surface area (Å²) in [5.74, 6) is 4.95. The Balaban J connectivity index is 2.41. The minimum Gasteiger partial charge on any atom is -0.481 e. The molecule has 0 radical (unpaired) electrons. The van der Waals surface area contributed by atoms with Crippen LogP contribution >= 0.6 is 11.8 Å². The average Bonchev–Trinajstić information content (AvgIpc) is 2.72. The van der Waals surface area contributed by atoms with Gasteiger partial charge in [-0.25, -0.2) is 13.9 Å².